The van der Waals surface area contributed by atoms with E-state index in [2.05, 4.69) is 46.6 Å². The van der Waals surface area contributed by atoms with Gasteiger partial charge in [-0.25, -0.2) is 9.48 Å². The molecule has 0 fully saturated rings. The molecule has 3 heterocycles. The van der Waals surface area contributed by atoms with Gasteiger partial charge in [-0.05, 0) is 42.3 Å². The van der Waals surface area contributed by atoms with Gasteiger partial charge < -0.3 is 14.8 Å². The van der Waals surface area contributed by atoms with Gasteiger partial charge >= 0.3 is 5.97 Å². The van der Waals surface area contributed by atoms with Gasteiger partial charge in [0.2, 0.25) is 5.95 Å². The summed E-state index contributed by atoms with van der Waals surface area (Å²) in [6.45, 7) is 2.07. The van der Waals surface area contributed by atoms with E-state index in [1.807, 2.05) is 41.1 Å². The number of nitrogens with one attached hydrogen (secondary N) is 1. The number of carbonyl (C=O) groups is 1. The number of anilines is 1. The molecule has 0 radical (unpaired) electrons. The first-order chi connectivity index (χ1) is 16.6. The maximum Gasteiger partial charge on any atom is 0.337 e. The number of ether oxygens (including phenoxy) is 2. The summed E-state index contributed by atoms with van der Waals surface area (Å²) in [5.41, 5.74) is 6.67. The minimum Gasteiger partial charge on any atom is -0.480 e. The average molecular weight is 450 g/mol. The molecule has 0 amide bonds. The van der Waals surface area contributed by atoms with Gasteiger partial charge in [-0.3, -0.25) is 0 Å². The normalized spacial score (nSPS) is 18.2. The average Bonchev–Trinajstić information content (AvgIpc) is 3.35. The third-order valence-electron chi connectivity index (χ3n) is 6.35. The molecule has 1 aromatic heterocycles. The number of methoxy groups -OCH3 is 1. The van der Waals surface area contributed by atoms with Gasteiger partial charge in [0.15, 0.2) is 0 Å². The van der Waals surface area contributed by atoms with Crippen LogP contribution < -0.4 is 10.1 Å². The lowest BCUT2D eigenvalue weighted by molar-refractivity contribution is 0.0600. The van der Waals surface area contributed by atoms with E-state index in [0.717, 1.165) is 33.7 Å². The second-order valence-electron chi connectivity index (χ2n) is 8.40. The maximum atomic E-state index is 12.0. The fourth-order valence-electron chi connectivity index (χ4n) is 4.67. The van der Waals surface area contributed by atoms with Gasteiger partial charge in [0.1, 0.15) is 24.2 Å². The number of rotatable bonds is 3. The third-order valence-corrected chi connectivity index (χ3v) is 6.35. The van der Waals surface area contributed by atoms with E-state index < -0.39 is 6.10 Å². The largest absolute Gasteiger partial charge is 0.480 e. The van der Waals surface area contributed by atoms with Gasteiger partial charge in [-0.1, -0.05) is 54.1 Å². The summed E-state index contributed by atoms with van der Waals surface area (Å²) in [5, 5.41) is 8.05. The van der Waals surface area contributed by atoms with Crippen molar-refractivity contribution in [3.8, 4) is 5.75 Å². The third kappa shape index (κ3) is 3.16. The van der Waals surface area contributed by atoms with Crippen molar-refractivity contribution in [2.24, 2.45) is 0 Å². The van der Waals surface area contributed by atoms with Gasteiger partial charge in [0.25, 0.3) is 0 Å². The van der Waals surface area contributed by atoms with E-state index in [4.69, 9.17) is 9.47 Å². The lowest BCUT2D eigenvalue weighted by Crippen LogP contribution is -2.32. The Morgan fingerprint density at radius 1 is 1.00 bits per heavy atom. The van der Waals surface area contributed by atoms with Gasteiger partial charge in [-0.15, -0.1) is 0 Å². The van der Waals surface area contributed by atoms with Crippen LogP contribution >= 0.6 is 0 Å². The molecule has 0 spiro atoms. The van der Waals surface area contributed by atoms with Crippen molar-refractivity contribution in [3.05, 3.63) is 113 Å². The number of benzene rings is 3. The number of hydrogen-bond donors (Lipinski definition) is 1. The second kappa shape index (κ2) is 7.88. The topological polar surface area (TPSA) is 78.3 Å². The summed E-state index contributed by atoms with van der Waals surface area (Å²) in [5.74, 6) is 1.10. The molecule has 2 atom stereocenters. The Kier molecular flexibility index (Phi) is 4.69. The molecule has 4 aromatic rings. The van der Waals surface area contributed by atoms with Gasteiger partial charge in [-0.2, -0.15) is 10.1 Å². The maximum absolute atomic E-state index is 12.0. The lowest BCUT2D eigenvalue weighted by atomic mass is 9.84. The van der Waals surface area contributed by atoms with Crippen molar-refractivity contribution in [1.29, 1.82) is 0 Å². The number of aryl methyl sites for hydroxylation is 1. The van der Waals surface area contributed by atoms with Crippen molar-refractivity contribution in [3.63, 3.8) is 0 Å². The van der Waals surface area contributed by atoms with Crippen LogP contribution in [0.5, 0.6) is 5.75 Å². The summed E-state index contributed by atoms with van der Waals surface area (Å²) in [7, 11) is 1.38. The number of carbonyl (C=O) groups excluding carboxylic acids is 1. The zero-order chi connectivity index (χ0) is 23.2. The predicted octanol–water partition coefficient (Wildman–Crippen LogP) is 4.93. The molecule has 0 unspecified atom stereocenters. The van der Waals surface area contributed by atoms with Crippen LogP contribution in [0.2, 0.25) is 0 Å². The van der Waals surface area contributed by atoms with Crippen LogP contribution in [0.1, 0.15) is 44.8 Å². The quantitative estimate of drug-likeness (QED) is 0.446. The number of nitrogens with zero attached hydrogens (tertiary/aromatic N) is 3. The lowest BCUT2D eigenvalue weighted by Gasteiger charge is -2.39. The predicted molar refractivity (Wildman–Crippen MR) is 127 cm³/mol. The van der Waals surface area contributed by atoms with Gasteiger partial charge in [0.05, 0.1) is 18.4 Å². The molecule has 34 heavy (non-hydrogen) atoms. The molecule has 7 heteroatoms. The fraction of sp³-hybridized carbons (Fsp3) is 0.148. The van der Waals surface area contributed by atoms with Crippen LogP contribution in [-0.2, 0) is 4.74 Å². The van der Waals surface area contributed by atoms with E-state index in [0.29, 0.717) is 11.5 Å². The smallest absolute Gasteiger partial charge is 0.337 e. The van der Waals surface area contributed by atoms with Crippen molar-refractivity contribution >= 4 is 17.6 Å². The Bertz CT molecular complexity index is 1420. The number of esters is 1. The second-order valence-corrected chi connectivity index (χ2v) is 8.40. The Labute approximate surface area is 196 Å². The highest BCUT2D eigenvalue weighted by molar-refractivity contribution is 5.89. The molecule has 0 saturated carbocycles. The Morgan fingerprint density at radius 3 is 2.50 bits per heavy atom. The number of fused-ring (bicyclic) bond motifs is 3. The first kappa shape index (κ1) is 20.2. The molecule has 1 N–H and O–H groups in total. The molecular formula is C27H22N4O3. The molecule has 0 saturated heterocycles. The number of para-hydroxylation sites is 1. The summed E-state index contributed by atoms with van der Waals surface area (Å²) in [6.07, 6.45) is 1.17. The molecule has 2 aliphatic rings. The molecular weight excluding hydrogens is 428 g/mol. The van der Waals surface area contributed by atoms with Crippen LogP contribution in [0.4, 0.5) is 5.95 Å². The molecule has 6 rings (SSSR count). The SMILES string of the molecule is COC(=O)c1ccc([C@H]2Oc3ccccc3C3=C2[C@@H](c2ccc(C)cc2)n2ncnc2N3)cc1. The van der Waals surface area contributed by atoms with E-state index in [1.54, 1.807) is 18.5 Å². The highest BCUT2D eigenvalue weighted by atomic mass is 16.5. The number of hydrogen-bond acceptors (Lipinski definition) is 6. The van der Waals surface area contributed by atoms with Crippen molar-refractivity contribution < 1.29 is 14.3 Å². The van der Waals surface area contributed by atoms with Crippen LogP contribution in [0.15, 0.2) is 84.7 Å². The van der Waals surface area contributed by atoms with Crippen molar-refractivity contribution in [2.45, 2.75) is 19.1 Å². The molecule has 7 nitrogen and oxygen atoms in total. The van der Waals surface area contributed by atoms with Crippen molar-refractivity contribution in [1.82, 2.24) is 14.8 Å². The van der Waals surface area contributed by atoms with E-state index in [-0.39, 0.29) is 12.0 Å². The van der Waals surface area contributed by atoms with E-state index in [1.165, 1.54) is 12.7 Å². The Morgan fingerprint density at radius 2 is 1.74 bits per heavy atom. The molecule has 0 aliphatic carbocycles. The monoisotopic (exact) mass is 450 g/mol. The van der Waals surface area contributed by atoms with Crippen LogP contribution in [0, 0.1) is 6.92 Å². The minimum atomic E-state index is -0.396. The van der Waals surface area contributed by atoms with E-state index >= 15 is 0 Å². The van der Waals surface area contributed by atoms with Gasteiger partial charge in [0, 0.05) is 11.1 Å². The summed E-state index contributed by atoms with van der Waals surface area (Å²) in [4.78, 5) is 16.4. The van der Waals surface area contributed by atoms with Crippen LogP contribution in [0.25, 0.3) is 5.70 Å². The highest BCUT2D eigenvalue weighted by Gasteiger charge is 2.40. The Balaban J connectivity index is 1.56. The zero-order valence-electron chi connectivity index (χ0n) is 18.7. The first-order valence-electron chi connectivity index (χ1n) is 11.1. The van der Waals surface area contributed by atoms with E-state index in [9.17, 15) is 4.79 Å². The molecule has 2 aliphatic heterocycles. The first-order valence-corrected chi connectivity index (χ1v) is 11.1. The number of aromatic nitrogens is 3. The minimum absolute atomic E-state index is 0.215. The molecule has 3 aromatic carbocycles. The summed E-state index contributed by atoms with van der Waals surface area (Å²) in [6, 6.07) is 23.6. The molecule has 168 valence electrons. The molecule has 0 bridgehead atoms. The standard InChI is InChI=1S/C27H22N4O3/c1-16-7-9-17(10-8-16)24-22-23(30-27-28-15-29-31(24)27)20-5-3-4-6-21(20)34-25(22)18-11-13-19(14-12-18)26(32)33-2/h3-15,24-25H,1-2H3,(H,28,29,30)/t24-,25-/m1/s1. The highest BCUT2D eigenvalue weighted by Crippen LogP contribution is 2.50. The summed E-state index contributed by atoms with van der Waals surface area (Å²) < 4.78 is 13.4. The van der Waals surface area contributed by atoms with Crippen LogP contribution in [-0.4, -0.2) is 27.8 Å². The summed E-state index contributed by atoms with van der Waals surface area (Å²) >= 11 is 0. The van der Waals surface area contributed by atoms with Crippen LogP contribution in [0.3, 0.4) is 0 Å². The van der Waals surface area contributed by atoms with Crippen molar-refractivity contribution in [2.75, 3.05) is 12.4 Å². The fourth-order valence-corrected chi connectivity index (χ4v) is 4.67. The Hall–Kier alpha value is -4.39. The zero-order valence-corrected chi connectivity index (χ0v) is 18.7.